The Bertz CT molecular complexity index is 556. The van der Waals surface area contributed by atoms with Crippen LogP contribution in [0.2, 0.25) is 0 Å². The fourth-order valence-corrected chi connectivity index (χ4v) is 8.80. The third-order valence-electron chi connectivity index (χ3n) is 3.02. The molecule has 1 aromatic rings. The quantitative estimate of drug-likeness (QED) is 0.302. The Morgan fingerprint density at radius 2 is 1.00 bits per heavy atom. The normalized spacial score (nSPS) is 12.5. The maximum absolute atomic E-state index is 12.6. The van der Waals surface area contributed by atoms with Crippen LogP contribution in [0.3, 0.4) is 0 Å². The molecule has 0 saturated heterocycles. The summed E-state index contributed by atoms with van der Waals surface area (Å²) >= 11 is 2.33. The number of hydrogen-bond acceptors (Lipinski definition) is 8. The Kier molecular flexibility index (Phi) is 11.8. The first-order valence-corrected chi connectivity index (χ1v) is 14.8. The van der Waals surface area contributed by atoms with Gasteiger partial charge in [-0.15, -0.1) is 0 Å². The topological polar surface area (TPSA) is 71.1 Å². The van der Waals surface area contributed by atoms with Crippen molar-refractivity contribution in [2.75, 3.05) is 26.4 Å². The fourth-order valence-electron chi connectivity index (χ4n) is 1.99. The van der Waals surface area contributed by atoms with Crippen LogP contribution in [0.5, 0.6) is 0 Å². The van der Waals surface area contributed by atoms with Gasteiger partial charge in [0, 0.05) is 11.5 Å². The molecule has 0 unspecified atom stereocenters. The zero-order valence-corrected chi connectivity index (χ0v) is 19.1. The van der Waals surface area contributed by atoms with Crippen molar-refractivity contribution in [3.8, 4) is 0 Å². The SMILES string of the molecule is CCOP(=O)(OCC)SCc1ccccc1CSP(=O)(OCC)OCC. The monoisotopic (exact) mass is 442 g/mol. The summed E-state index contributed by atoms with van der Waals surface area (Å²) in [7, 11) is 0. The first-order chi connectivity index (χ1) is 12.4. The van der Waals surface area contributed by atoms with Crippen LogP contribution in [-0.4, -0.2) is 26.4 Å². The molecule has 0 aromatic heterocycles. The highest BCUT2D eigenvalue weighted by molar-refractivity contribution is 8.55. The summed E-state index contributed by atoms with van der Waals surface area (Å²) in [6.45, 7) is 2.11. The predicted molar refractivity (Wildman–Crippen MR) is 111 cm³/mol. The lowest BCUT2D eigenvalue weighted by Gasteiger charge is -2.18. The third kappa shape index (κ3) is 8.49. The summed E-state index contributed by atoms with van der Waals surface area (Å²) in [6.07, 6.45) is 0. The van der Waals surface area contributed by atoms with Gasteiger partial charge in [0.05, 0.1) is 26.4 Å². The van der Waals surface area contributed by atoms with E-state index < -0.39 is 13.6 Å². The Labute approximate surface area is 164 Å². The molecule has 0 spiro atoms. The second kappa shape index (κ2) is 12.6. The van der Waals surface area contributed by atoms with Crippen LogP contribution in [0.25, 0.3) is 0 Å². The highest BCUT2D eigenvalue weighted by Gasteiger charge is 2.27. The van der Waals surface area contributed by atoms with E-state index in [9.17, 15) is 9.13 Å². The first kappa shape index (κ1) is 24.3. The molecule has 0 fully saturated rings. The molecule has 0 aliphatic rings. The van der Waals surface area contributed by atoms with Gasteiger partial charge in [0.1, 0.15) is 0 Å². The smallest absolute Gasteiger partial charge is 0.301 e. The summed E-state index contributed by atoms with van der Waals surface area (Å²) < 4.78 is 46.5. The van der Waals surface area contributed by atoms with Crippen LogP contribution in [0.1, 0.15) is 38.8 Å². The van der Waals surface area contributed by atoms with E-state index in [0.717, 1.165) is 33.9 Å². The number of benzene rings is 1. The van der Waals surface area contributed by atoms with Crippen molar-refractivity contribution in [2.24, 2.45) is 0 Å². The van der Waals surface area contributed by atoms with Crippen molar-refractivity contribution in [2.45, 2.75) is 39.2 Å². The van der Waals surface area contributed by atoms with Gasteiger partial charge in [0.15, 0.2) is 0 Å². The van der Waals surface area contributed by atoms with Crippen LogP contribution in [0.15, 0.2) is 24.3 Å². The van der Waals surface area contributed by atoms with Crippen LogP contribution < -0.4 is 0 Å². The summed E-state index contributed by atoms with van der Waals surface area (Å²) in [5, 5.41) is 0. The van der Waals surface area contributed by atoms with Gasteiger partial charge in [0.2, 0.25) is 0 Å². The van der Waals surface area contributed by atoms with Gasteiger partial charge in [-0.2, -0.15) is 0 Å². The second-order valence-electron chi connectivity index (χ2n) is 4.88. The van der Waals surface area contributed by atoms with Crippen LogP contribution in [-0.2, 0) is 38.7 Å². The molecule has 0 bridgehead atoms. The Morgan fingerprint density at radius 1 is 0.692 bits per heavy atom. The highest BCUT2D eigenvalue weighted by atomic mass is 32.7. The van der Waals surface area contributed by atoms with Crippen LogP contribution in [0, 0.1) is 0 Å². The van der Waals surface area contributed by atoms with E-state index in [2.05, 4.69) is 0 Å². The molecule has 150 valence electrons. The summed E-state index contributed by atoms with van der Waals surface area (Å²) in [5.41, 5.74) is 1.98. The van der Waals surface area contributed by atoms with Crippen molar-refractivity contribution in [1.82, 2.24) is 0 Å². The van der Waals surface area contributed by atoms with Crippen molar-refractivity contribution in [3.63, 3.8) is 0 Å². The molecule has 0 aliphatic heterocycles. The molecule has 1 rings (SSSR count). The van der Waals surface area contributed by atoms with Gasteiger partial charge >= 0.3 is 13.6 Å². The van der Waals surface area contributed by atoms with Crippen molar-refractivity contribution < 1.29 is 27.2 Å². The van der Waals surface area contributed by atoms with Gasteiger partial charge < -0.3 is 18.1 Å². The fraction of sp³-hybridized carbons (Fsp3) is 0.625. The average Bonchev–Trinajstić information content (AvgIpc) is 2.60. The summed E-state index contributed by atoms with van der Waals surface area (Å²) in [4.78, 5) is 0. The lowest BCUT2D eigenvalue weighted by Crippen LogP contribution is -1.96. The molecule has 0 radical (unpaired) electrons. The molecule has 0 aliphatic carbocycles. The van der Waals surface area contributed by atoms with E-state index in [4.69, 9.17) is 18.1 Å². The minimum atomic E-state index is -3.17. The van der Waals surface area contributed by atoms with E-state index in [1.54, 1.807) is 27.7 Å². The molecule has 0 N–H and O–H groups in total. The molecule has 0 amide bonds. The molecule has 1 aromatic carbocycles. The largest absolute Gasteiger partial charge is 0.389 e. The average molecular weight is 442 g/mol. The maximum Gasteiger partial charge on any atom is 0.389 e. The minimum Gasteiger partial charge on any atom is -0.301 e. The predicted octanol–water partition coefficient (Wildman–Crippen LogP) is 6.52. The second-order valence-corrected chi connectivity index (χ2v) is 13.0. The van der Waals surface area contributed by atoms with E-state index in [-0.39, 0.29) is 0 Å². The third-order valence-corrected chi connectivity index (χ3v) is 10.8. The van der Waals surface area contributed by atoms with Crippen molar-refractivity contribution >= 4 is 36.4 Å². The molecule has 0 saturated carbocycles. The lowest BCUT2D eigenvalue weighted by molar-refractivity contribution is 0.236. The van der Waals surface area contributed by atoms with Crippen LogP contribution in [0.4, 0.5) is 0 Å². The standard InChI is InChI=1S/C16H28O6P2S2/c1-5-19-23(17,20-6-2)25-13-15-11-9-10-12-16(15)14-26-24(18,21-7-3)22-8-4/h9-12H,5-8,13-14H2,1-4H3. The minimum absolute atomic E-state index is 0.327. The van der Waals surface area contributed by atoms with Gasteiger partial charge in [-0.1, -0.05) is 24.3 Å². The molecule has 0 atom stereocenters. The van der Waals surface area contributed by atoms with E-state index >= 15 is 0 Å². The molecule has 10 heteroatoms. The van der Waals surface area contributed by atoms with E-state index in [0.29, 0.717) is 37.9 Å². The molecular formula is C16H28O6P2S2. The van der Waals surface area contributed by atoms with Crippen molar-refractivity contribution in [3.05, 3.63) is 35.4 Å². The first-order valence-electron chi connectivity index (χ1n) is 8.56. The van der Waals surface area contributed by atoms with Crippen molar-refractivity contribution in [1.29, 1.82) is 0 Å². The Hall–Kier alpha value is 0.220. The maximum atomic E-state index is 12.6. The van der Waals surface area contributed by atoms with Crippen LogP contribution >= 0.6 is 36.4 Å². The molecule has 26 heavy (non-hydrogen) atoms. The number of hydrogen-bond donors (Lipinski definition) is 0. The molecular weight excluding hydrogens is 414 g/mol. The highest BCUT2D eigenvalue weighted by Crippen LogP contribution is 2.63. The zero-order valence-electron chi connectivity index (χ0n) is 15.7. The summed E-state index contributed by atoms with van der Waals surface area (Å²) in [6, 6.07) is 7.75. The van der Waals surface area contributed by atoms with E-state index in [1.165, 1.54) is 0 Å². The Morgan fingerprint density at radius 3 is 1.27 bits per heavy atom. The van der Waals surface area contributed by atoms with Gasteiger partial charge in [-0.25, -0.2) is 9.13 Å². The zero-order chi connectivity index (χ0) is 19.5. The molecule has 0 heterocycles. The van der Waals surface area contributed by atoms with Gasteiger partial charge in [-0.05, 0) is 61.6 Å². The lowest BCUT2D eigenvalue weighted by atomic mass is 10.1. The van der Waals surface area contributed by atoms with Gasteiger partial charge in [-0.3, -0.25) is 0 Å². The summed E-state index contributed by atoms with van der Waals surface area (Å²) in [5.74, 6) is 0.948. The van der Waals surface area contributed by atoms with E-state index in [1.807, 2.05) is 24.3 Å². The molecule has 6 nitrogen and oxygen atoms in total. The van der Waals surface area contributed by atoms with Gasteiger partial charge in [0.25, 0.3) is 0 Å². The number of rotatable bonds is 14. The Balaban J connectivity index is 2.81.